The van der Waals surface area contributed by atoms with E-state index in [-0.39, 0.29) is 16.9 Å². The smallest absolute Gasteiger partial charge is 0.232 e. The number of sulfone groups is 1. The molecule has 0 amide bonds. The van der Waals surface area contributed by atoms with E-state index in [1.165, 1.54) is 11.1 Å². The maximum atomic E-state index is 11.7. The number of imidazole rings is 1. The first kappa shape index (κ1) is 18.2. The molecule has 2 aromatic heterocycles. The van der Waals surface area contributed by atoms with Crippen LogP contribution >= 0.6 is 0 Å². The number of benzene rings is 1. The summed E-state index contributed by atoms with van der Waals surface area (Å²) < 4.78 is 31.0. The number of hydrogen-bond donors (Lipinski definition) is 0. The van der Waals surface area contributed by atoms with Crippen LogP contribution in [0.25, 0.3) is 11.0 Å². The first-order valence-electron chi connectivity index (χ1n) is 9.21. The Bertz CT molecular complexity index is 1080. The van der Waals surface area contributed by atoms with Crippen molar-refractivity contribution in [3.05, 3.63) is 41.3 Å². The zero-order valence-electron chi connectivity index (χ0n) is 15.9. The molecule has 1 aliphatic heterocycles. The molecular formula is C19H24N4O3S. The van der Waals surface area contributed by atoms with Crippen LogP contribution in [0.1, 0.15) is 42.6 Å². The van der Waals surface area contributed by atoms with Crippen LogP contribution in [0.15, 0.2) is 23.0 Å². The third kappa shape index (κ3) is 3.50. The van der Waals surface area contributed by atoms with Gasteiger partial charge in [0.1, 0.15) is 9.84 Å². The van der Waals surface area contributed by atoms with E-state index in [1.54, 1.807) is 0 Å². The van der Waals surface area contributed by atoms with Gasteiger partial charge in [-0.05, 0) is 49.9 Å². The predicted octanol–water partition coefficient (Wildman–Crippen LogP) is 2.75. The lowest BCUT2D eigenvalue weighted by molar-refractivity contribution is 0.274. The summed E-state index contributed by atoms with van der Waals surface area (Å²) in [6.45, 7) is 6.91. The summed E-state index contributed by atoms with van der Waals surface area (Å²) in [6.07, 6.45) is 3.54. The minimum absolute atomic E-state index is 0.182. The highest BCUT2D eigenvalue weighted by Crippen LogP contribution is 2.34. The highest BCUT2D eigenvalue weighted by molar-refractivity contribution is 7.91. The van der Waals surface area contributed by atoms with Gasteiger partial charge in [-0.3, -0.25) is 0 Å². The van der Waals surface area contributed by atoms with Crippen LogP contribution in [0.4, 0.5) is 0 Å². The van der Waals surface area contributed by atoms with Gasteiger partial charge in [-0.2, -0.15) is 4.98 Å². The molecule has 1 aliphatic rings. The summed E-state index contributed by atoms with van der Waals surface area (Å²) >= 11 is 0. The summed E-state index contributed by atoms with van der Waals surface area (Å²) in [5.41, 5.74) is 4.21. The molecule has 1 fully saturated rings. The van der Waals surface area contributed by atoms with E-state index in [2.05, 4.69) is 45.7 Å². The molecule has 8 heteroatoms. The molecule has 3 aromatic rings. The second-order valence-electron chi connectivity index (χ2n) is 7.84. The zero-order chi connectivity index (χ0) is 19.2. The van der Waals surface area contributed by atoms with Crippen molar-refractivity contribution in [1.82, 2.24) is 19.7 Å². The van der Waals surface area contributed by atoms with Crippen LogP contribution in [0.2, 0.25) is 0 Å². The van der Waals surface area contributed by atoms with Crippen molar-refractivity contribution in [3.8, 4) is 0 Å². The monoisotopic (exact) mass is 388 g/mol. The van der Waals surface area contributed by atoms with Crippen molar-refractivity contribution in [1.29, 1.82) is 0 Å². The van der Waals surface area contributed by atoms with Crippen molar-refractivity contribution in [3.63, 3.8) is 0 Å². The Morgan fingerprint density at radius 2 is 1.89 bits per heavy atom. The number of nitrogens with zero attached hydrogens (tertiary/aromatic N) is 4. The van der Waals surface area contributed by atoms with Gasteiger partial charge in [0, 0.05) is 18.4 Å². The summed E-state index contributed by atoms with van der Waals surface area (Å²) in [5, 5.41) is 4.11. The van der Waals surface area contributed by atoms with Crippen molar-refractivity contribution in [2.45, 2.75) is 52.0 Å². The molecule has 0 saturated carbocycles. The summed E-state index contributed by atoms with van der Waals surface area (Å²) in [6, 6.07) is 4.26. The van der Waals surface area contributed by atoms with E-state index in [4.69, 9.17) is 4.52 Å². The number of rotatable bonds is 4. The van der Waals surface area contributed by atoms with Crippen LogP contribution in [-0.2, 0) is 28.2 Å². The number of fused-ring (bicyclic) bond motifs is 1. The quantitative estimate of drug-likeness (QED) is 0.682. The normalized spacial score (nSPS) is 18.8. The lowest BCUT2D eigenvalue weighted by atomic mass is 9.84. The Labute approximate surface area is 158 Å². The molecule has 0 radical (unpaired) electrons. The molecule has 0 aliphatic carbocycles. The van der Waals surface area contributed by atoms with Crippen LogP contribution in [0.3, 0.4) is 0 Å². The van der Waals surface area contributed by atoms with Gasteiger partial charge in [0.25, 0.3) is 0 Å². The lowest BCUT2D eigenvalue weighted by Crippen LogP contribution is -2.34. The molecule has 0 N–H and O–H groups in total. The van der Waals surface area contributed by atoms with Crippen LogP contribution < -0.4 is 0 Å². The minimum Gasteiger partial charge on any atom is -0.339 e. The fraction of sp³-hybridized carbons (Fsp3) is 0.526. The van der Waals surface area contributed by atoms with Gasteiger partial charge in [0.2, 0.25) is 5.89 Å². The van der Waals surface area contributed by atoms with E-state index in [0.29, 0.717) is 37.5 Å². The molecule has 7 nitrogen and oxygen atoms in total. The fourth-order valence-electron chi connectivity index (χ4n) is 3.52. The number of hydrogen-bond acceptors (Lipinski definition) is 6. The van der Waals surface area contributed by atoms with Gasteiger partial charge in [-0.15, -0.1) is 0 Å². The summed E-state index contributed by atoms with van der Waals surface area (Å²) in [7, 11) is -2.92. The average molecular weight is 388 g/mol. The van der Waals surface area contributed by atoms with Crippen LogP contribution in [0, 0.1) is 13.8 Å². The maximum Gasteiger partial charge on any atom is 0.232 e. The Kier molecular flexibility index (Phi) is 4.33. The SMILES string of the molecule is Cc1cc2ncn(CCc3noc(C4(C)CCS(=O)(=O)CC4)n3)c2cc1C. The lowest BCUT2D eigenvalue weighted by Gasteiger charge is -2.29. The van der Waals surface area contributed by atoms with Crippen LogP contribution in [0.5, 0.6) is 0 Å². The third-order valence-corrected chi connectivity index (χ3v) is 7.38. The minimum atomic E-state index is -2.92. The Morgan fingerprint density at radius 3 is 2.63 bits per heavy atom. The van der Waals surface area contributed by atoms with E-state index in [9.17, 15) is 8.42 Å². The summed E-state index contributed by atoms with van der Waals surface area (Å²) in [5.74, 6) is 1.56. The van der Waals surface area contributed by atoms with Gasteiger partial charge in [-0.25, -0.2) is 13.4 Å². The predicted molar refractivity (Wildman–Crippen MR) is 102 cm³/mol. The van der Waals surface area contributed by atoms with Crippen LogP contribution in [-0.4, -0.2) is 39.6 Å². The third-order valence-electron chi connectivity index (χ3n) is 5.73. The molecule has 144 valence electrons. The highest BCUT2D eigenvalue weighted by Gasteiger charge is 2.39. The van der Waals surface area contributed by atoms with Gasteiger partial charge < -0.3 is 9.09 Å². The molecule has 0 unspecified atom stereocenters. The molecule has 1 aromatic carbocycles. The van der Waals surface area contributed by atoms with Gasteiger partial charge in [0.05, 0.1) is 28.9 Å². The number of aryl methyl sites for hydroxylation is 4. The second-order valence-corrected chi connectivity index (χ2v) is 10.1. The zero-order valence-corrected chi connectivity index (χ0v) is 16.7. The highest BCUT2D eigenvalue weighted by atomic mass is 32.2. The maximum absolute atomic E-state index is 11.7. The van der Waals surface area contributed by atoms with Crippen molar-refractivity contribution >= 4 is 20.9 Å². The van der Waals surface area contributed by atoms with E-state index in [1.807, 2.05) is 13.3 Å². The first-order valence-corrected chi connectivity index (χ1v) is 11.0. The molecule has 4 rings (SSSR count). The first-order chi connectivity index (χ1) is 12.8. The largest absolute Gasteiger partial charge is 0.339 e. The average Bonchev–Trinajstić information content (AvgIpc) is 3.24. The van der Waals surface area contributed by atoms with Crippen molar-refractivity contribution in [2.24, 2.45) is 0 Å². The van der Waals surface area contributed by atoms with Crippen molar-refractivity contribution in [2.75, 3.05) is 11.5 Å². The second kappa shape index (κ2) is 6.44. The van der Waals surface area contributed by atoms with Gasteiger partial charge in [0.15, 0.2) is 5.82 Å². The van der Waals surface area contributed by atoms with Gasteiger partial charge >= 0.3 is 0 Å². The molecule has 0 spiro atoms. The van der Waals surface area contributed by atoms with E-state index >= 15 is 0 Å². The Hall–Kier alpha value is -2.22. The molecule has 27 heavy (non-hydrogen) atoms. The molecule has 0 bridgehead atoms. The number of aromatic nitrogens is 4. The van der Waals surface area contributed by atoms with E-state index < -0.39 is 9.84 Å². The molecule has 0 atom stereocenters. The summed E-state index contributed by atoms with van der Waals surface area (Å²) in [4.78, 5) is 9.04. The Balaban J connectivity index is 1.48. The topological polar surface area (TPSA) is 90.9 Å². The Morgan fingerprint density at radius 1 is 1.19 bits per heavy atom. The fourth-order valence-corrected chi connectivity index (χ4v) is 5.24. The van der Waals surface area contributed by atoms with Gasteiger partial charge in [-0.1, -0.05) is 12.1 Å². The molecular weight excluding hydrogens is 364 g/mol. The van der Waals surface area contributed by atoms with E-state index in [0.717, 1.165) is 11.0 Å². The molecule has 1 saturated heterocycles. The van der Waals surface area contributed by atoms with Crippen molar-refractivity contribution < 1.29 is 12.9 Å². The standard InChI is InChI=1S/C19H24N4O3S/c1-13-10-15-16(11-14(13)2)23(12-20-15)7-4-17-21-18(26-22-17)19(3)5-8-27(24,25)9-6-19/h10-12H,4-9H2,1-3H3. The molecule has 3 heterocycles.